The highest BCUT2D eigenvalue weighted by Gasteiger charge is 2.21. The fourth-order valence-corrected chi connectivity index (χ4v) is 3.68. The maximum atomic E-state index is 12.4. The molecule has 11 heteroatoms. The number of aromatic nitrogens is 4. The van der Waals surface area contributed by atoms with Gasteiger partial charge in [0.1, 0.15) is 18.5 Å². The molecule has 2 heterocycles. The molecule has 1 atom stereocenters. The summed E-state index contributed by atoms with van der Waals surface area (Å²) in [5, 5.41) is 10.8. The predicted octanol–water partition coefficient (Wildman–Crippen LogP) is 0.437. The Bertz CT molecular complexity index is 1180. The number of thioether (sulfide) groups is 1. The molecule has 0 fully saturated rings. The zero-order chi connectivity index (χ0) is 21.8. The minimum absolute atomic E-state index is 0.0185. The molecular formula is C19H22N4O6S. The molecule has 160 valence electrons. The van der Waals surface area contributed by atoms with Crippen LogP contribution in [0.2, 0.25) is 0 Å². The maximum absolute atomic E-state index is 12.4. The molecule has 0 saturated carbocycles. The Balaban J connectivity index is 1.90. The summed E-state index contributed by atoms with van der Waals surface area (Å²) >= 11 is 1.04. The second-order valence-electron chi connectivity index (χ2n) is 6.59. The number of H-pyrrole nitrogens is 1. The van der Waals surface area contributed by atoms with Crippen LogP contribution in [0.3, 0.4) is 0 Å². The number of rotatable bonds is 8. The summed E-state index contributed by atoms with van der Waals surface area (Å²) in [5.74, 6) is 0.138. The summed E-state index contributed by atoms with van der Waals surface area (Å²) in [6, 6.07) is 7.41. The molecule has 0 aliphatic heterocycles. The van der Waals surface area contributed by atoms with Gasteiger partial charge >= 0.3 is 11.7 Å². The number of nitrogens with zero attached hydrogens (tertiary/aromatic N) is 3. The first kappa shape index (κ1) is 21.7. The molecule has 0 aliphatic carbocycles. The number of carbonyl (C=O) groups excluding carboxylic acids is 1. The minimum atomic E-state index is -0.976. The van der Waals surface area contributed by atoms with E-state index in [0.717, 1.165) is 17.3 Å². The van der Waals surface area contributed by atoms with Crippen LogP contribution in [0.25, 0.3) is 11.2 Å². The van der Waals surface area contributed by atoms with Gasteiger partial charge in [-0.05, 0) is 18.6 Å². The van der Waals surface area contributed by atoms with E-state index in [1.54, 1.807) is 6.07 Å². The number of esters is 1. The SMILES string of the molecule is COC(=O)CSc1nc2c(c(=O)[nH]c(=O)n2C)n1CC(O)COc1ccccc1C. The van der Waals surface area contributed by atoms with Gasteiger partial charge in [-0.3, -0.25) is 19.1 Å². The Labute approximate surface area is 175 Å². The number of benzene rings is 1. The standard InChI is InChI=1S/C19H22N4O6S/c1-11-6-4-5-7-13(11)29-9-12(24)8-23-15-16(22(2)18(27)21-17(15)26)20-19(23)30-10-14(25)28-3/h4-7,12,24H,8-10H2,1-3H3,(H,21,26,27). The van der Waals surface area contributed by atoms with Crippen molar-refractivity contribution in [2.24, 2.45) is 7.05 Å². The number of aliphatic hydroxyl groups is 1. The van der Waals surface area contributed by atoms with Crippen molar-refractivity contribution in [3.63, 3.8) is 0 Å². The fraction of sp³-hybridized carbons (Fsp3) is 0.368. The molecule has 3 rings (SSSR count). The van der Waals surface area contributed by atoms with Crippen LogP contribution in [0, 0.1) is 6.92 Å². The van der Waals surface area contributed by atoms with E-state index in [9.17, 15) is 19.5 Å². The second-order valence-corrected chi connectivity index (χ2v) is 7.53. The Morgan fingerprint density at radius 3 is 2.77 bits per heavy atom. The largest absolute Gasteiger partial charge is 0.491 e. The van der Waals surface area contributed by atoms with Gasteiger partial charge in [0.15, 0.2) is 16.3 Å². The van der Waals surface area contributed by atoms with E-state index in [4.69, 9.17) is 4.74 Å². The Morgan fingerprint density at radius 2 is 2.07 bits per heavy atom. The first-order valence-corrected chi connectivity index (χ1v) is 10.1. The van der Waals surface area contributed by atoms with Crippen molar-refractivity contribution in [3.8, 4) is 5.75 Å². The van der Waals surface area contributed by atoms with Crippen molar-refractivity contribution in [2.75, 3.05) is 19.5 Å². The van der Waals surface area contributed by atoms with Gasteiger partial charge in [-0.25, -0.2) is 9.78 Å². The molecule has 1 aromatic carbocycles. The van der Waals surface area contributed by atoms with E-state index in [2.05, 4.69) is 14.7 Å². The molecule has 0 bridgehead atoms. The van der Waals surface area contributed by atoms with Crippen molar-refractivity contribution < 1.29 is 19.4 Å². The maximum Gasteiger partial charge on any atom is 0.329 e. The van der Waals surface area contributed by atoms with E-state index in [1.807, 2.05) is 25.1 Å². The van der Waals surface area contributed by atoms with Gasteiger partial charge in [0, 0.05) is 7.05 Å². The number of ether oxygens (including phenoxy) is 2. The number of methoxy groups -OCH3 is 1. The lowest BCUT2D eigenvalue weighted by atomic mass is 10.2. The van der Waals surface area contributed by atoms with Gasteiger partial charge in [-0.1, -0.05) is 30.0 Å². The van der Waals surface area contributed by atoms with Crippen molar-refractivity contribution in [1.82, 2.24) is 19.1 Å². The van der Waals surface area contributed by atoms with E-state index in [1.165, 1.54) is 23.3 Å². The van der Waals surface area contributed by atoms with Crippen LogP contribution in [0.5, 0.6) is 5.75 Å². The number of fused-ring (bicyclic) bond motifs is 1. The average Bonchev–Trinajstić information content (AvgIpc) is 3.08. The normalized spacial score (nSPS) is 12.1. The molecule has 30 heavy (non-hydrogen) atoms. The lowest BCUT2D eigenvalue weighted by Crippen LogP contribution is -2.30. The number of aryl methyl sites for hydroxylation is 2. The molecular weight excluding hydrogens is 412 g/mol. The van der Waals surface area contributed by atoms with Crippen molar-refractivity contribution in [1.29, 1.82) is 0 Å². The van der Waals surface area contributed by atoms with Gasteiger partial charge in [0.25, 0.3) is 5.56 Å². The molecule has 1 unspecified atom stereocenters. The zero-order valence-electron chi connectivity index (χ0n) is 16.7. The fourth-order valence-electron chi connectivity index (χ4n) is 2.84. The summed E-state index contributed by atoms with van der Waals surface area (Å²) < 4.78 is 13.0. The predicted molar refractivity (Wildman–Crippen MR) is 111 cm³/mol. The van der Waals surface area contributed by atoms with Crippen LogP contribution >= 0.6 is 11.8 Å². The molecule has 0 saturated heterocycles. The highest BCUT2D eigenvalue weighted by molar-refractivity contribution is 7.99. The second kappa shape index (κ2) is 9.18. The molecule has 2 N–H and O–H groups in total. The van der Waals surface area contributed by atoms with E-state index in [0.29, 0.717) is 10.9 Å². The van der Waals surface area contributed by atoms with Crippen LogP contribution in [0.15, 0.2) is 39.0 Å². The number of aromatic amines is 1. The van der Waals surface area contributed by atoms with Gasteiger partial charge in [-0.15, -0.1) is 0 Å². The number of nitrogens with one attached hydrogen (secondary N) is 1. The molecule has 0 amide bonds. The van der Waals surface area contributed by atoms with Crippen LogP contribution in [0.1, 0.15) is 5.56 Å². The molecule has 10 nitrogen and oxygen atoms in total. The summed E-state index contributed by atoms with van der Waals surface area (Å²) in [6.45, 7) is 1.86. The first-order valence-electron chi connectivity index (χ1n) is 9.07. The lowest BCUT2D eigenvalue weighted by Gasteiger charge is -2.16. The summed E-state index contributed by atoms with van der Waals surface area (Å²) in [5.41, 5.74) is -0.0243. The van der Waals surface area contributed by atoms with Crippen LogP contribution < -0.4 is 16.0 Å². The van der Waals surface area contributed by atoms with Crippen LogP contribution in [0.4, 0.5) is 0 Å². The van der Waals surface area contributed by atoms with E-state index in [-0.39, 0.29) is 30.1 Å². The topological polar surface area (TPSA) is 128 Å². The van der Waals surface area contributed by atoms with Crippen molar-refractivity contribution in [2.45, 2.75) is 24.7 Å². The smallest absolute Gasteiger partial charge is 0.329 e. The monoisotopic (exact) mass is 434 g/mol. The molecule has 3 aromatic rings. The van der Waals surface area contributed by atoms with Crippen LogP contribution in [-0.4, -0.2) is 55.8 Å². The molecule has 0 radical (unpaired) electrons. The third kappa shape index (κ3) is 4.57. The summed E-state index contributed by atoms with van der Waals surface area (Å²) in [4.78, 5) is 42.5. The number of hydrogen-bond acceptors (Lipinski definition) is 8. The molecule has 0 spiro atoms. The van der Waals surface area contributed by atoms with Gasteiger partial charge in [0.05, 0.1) is 19.4 Å². The van der Waals surface area contributed by atoms with Crippen molar-refractivity contribution >= 4 is 28.9 Å². The number of aliphatic hydroxyl groups excluding tert-OH is 1. The minimum Gasteiger partial charge on any atom is -0.491 e. The van der Waals surface area contributed by atoms with Gasteiger partial charge in [-0.2, -0.15) is 0 Å². The van der Waals surface area contributed by atoms with Crippen LogP contribution in [-0.2, 0) is 23.1 Å². The lowest BCUT2D eigenvalue weighted by molar-refractivity contribution is -0.137. The van der Waals surface area contributed by atoms with E-state index >= 15 is 0 Å². The summed E-state index contributed by atoms with van der Waals surface area (Å²) in [7, 11) is 2.75. The van der Waals surface area contributed by atoms with Crippen molar-refractivity contribution in [3.05, 3.63) is 50.7 Å². The average molecular weight is 434 g/mol. The Morgan fingerprint density at radius 1 is 1.33 bits per heavy atom. The van der Waals surface area contributed by atoms with Gasteiger partial charge < -0.3 is 19.1 Å². The highest BCUT2D eigenvalue weighted by Crippen LogP contribution is 2.22. The van der Waals surface area contributed by atoms with Gasteiger partial charge in [0.2, 0.25) is 0 Å². The number of imidazole rings is 1. The first-order chi connectivity index (χ1) is 14.3. The highest BCUT2D eigenvalue weighted by atomic mass is 32.2. The Kier molecular flexibility index (Phi) is 6.63. The van der Waals surface area contributed by atoms with E-state index < -0.39 is 23.3 Å². The molecule has 2 aromatic heterocycles. The number of hydrogen-bond donors (Lipinski definition) is 2. The third-order valence-electron chi connectivity index (χ3n) is 4.44. The number of carbonyl (C=O) groups is 1. The summed E-state index contributed by atoms with van der Waals surface area (Å²) in [6.07, 6.45) is -0.976. The Hall–Kier alpha value is -3.05. The number of para-hydroxylation sites is 1. The quantitative estimate of drug-likeness (QED) is 0.386. The zero-order valence-corrected chi connectivity index (χ0v) is 17.6. The molecule has 0 aliphatic rings. The third-order valence-corrected chi connectivity index (χ3v) is 5.39.